The van der Waals surface area contributed by atoms with Crippen LogP contribution in [0.15, 0.2) is 42.7 Å². The molecular weight excluding hydrogens is 210 g/mol. The third kappa shape index (κ3) is 1.95. The SMILES string of the molecule is Cn1ccc(C(=O)c2ccccc2Cl)c1. The maximum Gasteiger partial charge on any atom is 0.196 e. The van der Waals surface area contributed by atoms with E-state index in [4.69, 9.17) is 11.6 Å². The minimum Gasteiger partial charge on any atom is -0.357 e. The first-order valence-corrected chi connectivity index (χ1v) is 4.97. The quantitative estimate of drug-likeness (QED) is 0.712. The summed E-state index contributed by atoms with van der Waals surface area (Å²) >= 11 is 5.95. The molecule has 0 aliphatic heterocycles. The van der Waals surface area contributed by atoms with Gasteiger partial charge in [-0.25, -0.2) is 0 Å². The molecule has 0 amide bonds. The molecule has 2 rings (SSSR count). The average Bonchev–Trinajstić information content (AvgIpc) is 2.65. The molecule has 0 fully saturated rings. The molecule has 2 aromatic rings. The van der Waals surface area contributed by atoms with Gasteiger partial charge in [-0.3, -0.25) is 4.79 Å². The number of aryl methyl sites for hydroxylation is 1. The molecule has 76 valence electrons. The van der Waals surface area contributed by atoms with Gasteiger partial charge in [0.2, 0.25) is 0 Å². The fraction of sp³-hybridized carbons (Fsp3) is 0.0833. The first-order valence-electron chi connectivity index (χ1n) is 4.59. The summed E-state index contributed by atoms with van der Waals surface area (Å²) in [7, 11) is 1.88. The maximum atomic E-state index is 12.0. The van der Waals surface area contributed by atoms with E-state index in [0.717, 1.165) is 0 Å². The number of carbonyl (C=O) groups excluding carboxylic acids is 1. The summed E-state index contributed by atoms with van der Waals surface area (Å²) in [5, 5.41) is 0.492. The average molecular weight is 220 g/mol. The van der Waals surface area contributed by atoms with Crippen molar-refractivity contribution < 1.29 is 4.79 Å². The van der Waals surface area contributed by atoms with Crippen LogP contribution in [0.25, 0.3) is 0 Å². The van der Waals surface area contributed by atoms with Crippen molar-refractivity contribution in [3.63, 3.8) is 0 Å². The molecule has 1 heterocycles. The predicted molar refractivity (Wildman–Crippen MR) is 60.3 cm³/mol. The molecule has 0 bridgehead atoms. The van der Waals surface area contributed by atoms with Gasteiger partial charge in [-0.05, 0) is 18.2 Å². The van der Waals surface area contributed by atoms with Gasteiger partial charge in [0.05, 0.1) is 5.02 Å². The van der Waals surface area contributed by atoms with Crippen LogP contribution in [-0.2, 0) is 7.05 Å². The summed E-state index contributed by atoms with van der Waals surface area (Å²) in [6.07, 6.45) is 3.62. The van der Waals surface area contributed by atoms with E-state index in [-0.39, 0.29) is 5.78 Å². The Morgan fingerprint density at radius 2 is 2.00 bits per heavy atom. The lowest BCUT2D eigenvalue weighted by molar-refractivity contribution is 0.103. The highest BCUT2D eigenvalue weighted by Gasteiger charge is 2.12. The summed E-state index contributed by atoms with van der Waals surface area (Å²) < 4.78 is 1.84. The lowest BCUT2D eigenvalue weighted by atomic mass is 10.1. The number of halogens is 1. The molecule has 0 atom stereocenters. The highest BCUT2D eigenvalue weighted by molar-refractivity contribution is 6.34. The third-order valence-corrected chi connectivity index (χ3v) is 2.54. The van der Waals surface area contributed by atoms with Crippen LogP contribution in [0.5, 0.6) is 0 Å². The smallest absolute Gasteiger partial charge is 0.196 e. The highest BCUT2D eigenvalue weighted by atomic mass is 35.5. The zero-order chi connectivity index (χ0) is 10.8. The summed E-state index contributed by atoms with van der Waals surface area (Å²) in [6, 6.07) is 8.85. The van der Waals surface area contributed by atoms with Crippen molar-refractivity contribution in [2.24, 2.45) is 7.05 Å². The van der Waals surface area contributed by atoms with Crippen LogP contribution in [0.4, 0.5) is 0 Å². The van der Waals surface area contributed by atoms with Crippen LogP contribution in [0.3, 0.4) is 0 Å². The Morgan fingerprint density at radius 3 is 2.60 bits per heavy atom. The number of nitrogens with zero attached hydrogens (tertiary/aromatic N) is 1. The lowest BCUT2D eigenvalue weighted by Gasteiger charge is -2.00. The first kappa shape index (κ1) is 9.99. The van der Waals surface area contributed by atoms with E-state index in [1.807, 2.05) is 29.9 Å². The monoisotopic (exact) mass is 219 g/mol. The van der Waals surface area contributed by atoms with Gasteiger partial charge in [0, 0.05) is 30.6 Å². The lowest BCUT2D eigenvalue weighted by Crippen LogP contribution is -2.00. The molecule has 0 N–H and O–H groups in total. The fourth-order valence-electron chi connectivity index (χ4n) is 1.44. The Hall–Kier alpha value is -1.54. The van der Waals surface area contributed by atoms with E-state index < -0.39 is 0 Å². The maximum absolute atomic E-state index is 12.0. The Kier molecular flexibility index (Phi) is 2.60. The van der Waals surface area contributed by atoms with Crippen molar-refractivity contribution in [2.75, 3.05) is 0 Å². The second kappa shape index (κ2) is 3.91. The van der Waals surface area contributed by atoms with Crippen molar-refractivity contribution in [3.05, 3.63) is 58.9 Å². The van der Waals surface area contributed by atoms with Gasteiger partial charge in [-0.15, -0.1) is 0 Å². The van der Waals surface area contributed by atoms with Gasteiger partial charge in [0.1, 0.15) is 0 Å². The minimum absolute atomic E-state index is 0.0406. The molecule has 0 spiro atoms. The zero-order valence-electron chi connectivity index (χ0n) is 8.27. The molecule has 0 aliphatic carbocycles. The van der Waals surface area contributed by atoms with E-state index in [9.17, 15) is 4.79 Å². The van der Waals surface area contributed by atoms with Crippen LogP contribution in [-0.4, -0.2) is 10.4 Å². The molecule has 0 saturated carbocycles. The van der Waals surface area contributed by atoms with Crippen LogP contribution in [0.1, 0.15) is 15.9 Å². The van der Waals surface area contributed by atoms with Gasteiger partial charge in [0.25, 0.3) is 0 Å². The van der Waals surface area contributed by atoms with E-state index in [2.05, 4.69) is 0 Å². The third-order valence-electron chi connectivity index (χ3n) is 2.21. The summed E-state index contributed by atoms with van der Waals surface area (Å²) in [5.41, 5.74) is 1.20. The molecule has 1 aromatic carbocycles. The first-order chi connectivity index (χ1) is 7.18. The summed E-state index contributed by atoms with van der Waals surface area (Å²) in [5.74, 6) is -0.0406. The second-order valence-corrected chi connectivity index (χ2v) is 3.78. The molecule has 2 nitrogen and oxygen atoms in total. The molecule has 0 aliphatic rings. The van der Waals surface area contributed by atoms with Crippen LogP contribution in [0, 0.1) is 0 Å². The molecule has 1 aromatic heterocycles. The Bertz CT molecular complexity index is 502. The topological polar surface area (TPSA) is 22.0 Å². The summed E-state index contributed by atoms with van der Waals surface area (Å²) in [4.78, 5) is 12.0. The van der Waals surface area contributed by atoms with Crippen LogP contribution in [0.2, 0.25) is 5.02 Å². The van der Waals surface area contributed by atoms with Gasteiger partial charge in [-0.2, -0.15) is 0 Å². The largest absolute Gasteiger partial charge is 0.357 e. The van der Waals surface area contributed by atoms with Crippen molar-refractivity contribution in [1.29, 1.82) is 0 Å². The number of carbonyl (C=O) groups is 1. The van der Waals surface area contributed by atoms with E-state index in [1.54, 1.807) is 24.4 Å². The minimum atomic E-state index is -0.0406. The molecule has 15 heavy (non-hydrogen) atoms. The van der Waals surface area contributed by atoms with Gasteiger partial charge in [0.15, 0.2) is 5.78 Å². The normalized spacial score (nSPS) is 10.3. The predicted octanol–water partition coefficient (Wildman–Crippen LogP) is 2.91. The number of aromatic nitrogens is 1. The fourth-order valence-corrected chi connectivity index (χ4v) is 1.66. The van der Waals surface area contributed by atoms with Crippen LogP contribution >= 0.6 is 11.6 Å². The number of hydrogen-bond donors (Lipinski definition) is 0. The number of benzene rings is 1. The molecule has 0 unspecified atom stereocenters. The van der Waals surface area contributed by atoms with Gasteiger partial charge >= 0.3 is 0 Å². The molecular formula is C12H10ClNO. The highest BCUT2D eigenvalue weighted by Crippen LogP contribution is 2.18. The Balaban J connectivity index is 2.41. The number of hydrogen-bond acceptors (Lipinski definition) is 1. The van der Waals surface area contributed by atoms with Crippen molar-refractivity contribution >= 4 is 17.4 Å². The van der Waals surface area contributed by atoms with Crippen molar-refractivity contribution in [3.8, 4) is 0 Å². The van der Waals surface area contributed by atoms with Crippen LogP contribution < -0.4 is 0 Å². The molecule has 3 heteroatoms. The zero-order valence-corrected chi connectivity index (χ0v) is 9.03. The Labute approximate surface area is 93.1 Å². The van der Waals surface area contributed by atoms with E-state index in [1.165, 1.54) is 0 Å². The Morgan fingerprint density at radius 1 is 1.27 bits per heavy atom. The van der Waals surface area contributed by atoms with Gasteiger partial charge < -0.3 is 4.57 Å². The van der Waals surface area contributed by atoms with E-state index >= 15 is 0 Å². The molecule has 0 radical (unpaired) electrons. The van der Waals surface area contributed by atoms with Gasteiger partial charge in [-0.1, -0.05) is 23.7 Å². The second-order valence-electron chi connectivity index (χ2n) is 3.37. The summed E-state index contributed by atoms with van der Waals surface area (Å²) in [6.45, 7) is 0. The van der Waals surface area contributed by atoms with Crippen molar-refractivity contribution in [2.45, 2.75) is 0 Å². The molecule has 0 saturated heterocycles. The van der Waals surface area contributed by atoms with Crippen molar-refractivity contribution in [1.82, 2.24) is 4.57 Å². The van der Waals surface area contributed by atoms with E-state index in [0.29, 0.717) is 16.1 Å². The number of ketones is 1. The number of rotatable bonds is 2. The standard InChI is InChI=1S/C12H10ClNO/c1-14-7-6-9(8-14)12(15)10-4-2-3-5-11(10)13/h2-8H,1H3.